The Bertz CT molecular complexity index is 4150. The van der Waals surface area contributed by atoms with Gasteiger partial charge in [-0.15, -0.1) is 0 Å². The van der Waals surface area contributed by atoms with Gasteiger partial charge in [0, 0.05) is 98.8 Å². The van der Waals surface area contributed by atoms with Crippen LogP contribution < -0.4 is 26.2 Å². The number of ether oxygens (including phenoxy) is 2. The van der Waals surface area contributed by atoms with Crippen LogP contribution in [0.5, 0.6) is 0 Å². The lowest BCUT2D eigenvalue weighted by molar-refractivity contribution is -0.248. The molecule has 2 unspecified atom stereocenters. The van der Waals surface area contributed by atoms with E-state index < -0.39 is 59.9 Å². The summed E-state index contributed by atoms with van der Waals surface area (Å²) in [6.45, 7) is 13.6. The third-order valence-electron chi connectivity index (χ3n) is 20.2. The van der Waals surface area contributed by atoms with Crippen molar-refractivity contribution in [2.75, 3.05) is 48.8 Å². The summed E-state index contributed by atoms with van der Waals surface area (Å²) in [6, 6.07) is 21.2. The first-order chi connectivity index (χ1) is 47.6. The Kier molecular flexibility index (Phi) is 21.2. The molecule has 0 spiro atoms. The minimum Gasteiger partial charge on any atom is -0.481 e. The number of aromatic nitrogens is 4. The van der Waals surface area contributed by atoms with Crippen molar-refractivity contribution in [3.63, 3.8) is 0 Å². The van der Waals surface area contributed by atoms with Crippen molar-refractivity contribution in [3.05, 3.63) is 131 Å². The van der Waals surface area contributed by atoms with Gasteiger partial charge in [0.25, 0.3) is 17.7 Å². The Morgan fingerprint density at radius 1 is 0.780 bits per heavy atom. The second-order valence-corrected chi connectivity index (χ2v) is 30.1. The smallest absolute Gasteiger partial charge is 0.408 e. The Hall–Kier alpha value is -9.69. The van der Waals surface area contributed by atoms with Crippen molar-refractivity contribution in [1.29, 1.82) is 0 Å². The molecule has 26 heteroatoms. The lowest BCUT2D eigenvalue weighted by atomic mass is 9.39. The largest absolute Gasteiger partial charge is 0.481 e. The zero-order chi connectivity index (χ0) is 71.4. The van der Waals surface area contributed by atoms with Crippen LogP contribution in [0.1, 0.15) is 155 Å². The highest BCUT2D eigenvalue weighted by molar-refractivity contribution is 7.22. The van der Waals surface area contributed by atoms with E-state index >= 15 is 0 Å². The number of anilines is 3. The van der Waals surface area contributed by atoms with Gasteiger partial charge in [-0.2, -0.15) is 5.10 Å². The van der Waals surface area contributed by atoms with Crippen LogP contribution in [-0.2, 0) is 69.2 Å². The van der Waals surface area contributed by atoms with Crippen molar-refractivity contribution in [2.45, 2.75) is 162 Å². The van der Waals surface area contributed by atoms with Crippen molar-refractivity contribution < 1.29 is 67.6 Å². The molecule has 6 aliphatic rings. The SMILES string of the molecule is Cc1c(-c2ccc(N3CCc4cccc(C(=O)Nc5nc6ccccc6s5)c4C3)nc2C(=O)O)cnn1CC12CC3(C)CC(C)(C1)CC(OCCN(C)C(=O)[C@@H](CC(=O)O)NC(=O)OCc1ccc(NC(=O)[C@H](C)CC(=O)[C@@H](NC(=O)CCCCCN4C(=O)C=CC4=O)C(C)C)cc1)(C3)C2. The first kappa shape index (κ1) is 71.6. The quantitative estimate of drug-likeness (QED) is 0.0180. The summed E-state index contributed by atoms with van der Waals surface area (Å²) in [7, 11) is 1.53. The van der Waals surface area contributed by atoms with Crippen LogP contribution in [0.25, 0.3) is 21.3 Å². The number of carbonyl (C=O) groups excluding carboxylic acids is 8. The monoisotopic (exact) mass is 1390 g/mol. The Balaban J connectivity index is 0.651. The number of carboxylic acid groups (broad SMARTS) is 2. The number of nitrogens with zero attached hydrogens (tertiary/aromatic N) is 7. The first-order valence-corrected chi connectivity index (χ1v) is 35.0. The molecule has 0 saturated heterocycles. The summed E-state index contributed by atoms with van der Waals surface area (Å²) in [5, 5.41) is 37.0. The number of hydrogen-bond acceptors (Lipinski definition) is 17. The number of fused-ring (bicyclic) bond motifs is 2. The Morgan fingerprint density at radius 3 is 2.21 bits per heavy atom. The minimum absolute atomic E-state index is 0.0637. The van der Waals surface area contributed by atoms with Crippen molar-refractivity contribution >= 4 is 97.4 Å². The number of alkyl carbamates (subject to hydrolysis) is 1. The standard InChI is InChI=1S/C74H87N11O14S/c1-44(2)63(80-59(87)18-9-8-12-28-84-60(88)25-26-61(84)89)56(86)32-45(3)65(92)76-49-21-19-47(20-22-49)36-98-70(97)78-55(33-62(90)91)67(94)82(7)30-31-99-74-40-71(5)37-72(6,41-74)39-73(38-71,42-74)43-85-46(4)52(34-75-85)50-23-24-58(79-64(50)68(95)96)83-29-27-48-14-13-15-51(53(48)35-83)66(93)81-69-77-54-16-10-11-17-57(54)100-69/h10-11,13-17,19-26,34,44-45,55,63H,8-9,12,18,27-33,35-43H2,1-7H3,(H,76,92)(H,78,97)(H,80,87)(H,90,91)(H,95,96)(H,77,81,93)/t45-,55-,63+,71?,72?,73?,74?/m1/s1. The first-order valence-electron chi connectivity index (χ1n) is 34.2. The molecular weight excluding hydrogens is 1300 g/mol. The number of carboxylic acids is 2. The number of aromatic carboxylic acids is 1. The summed E-state index contributed by atoms with van der Waals surface area (Å²) < 4.78 is 15.4. The van der Waals surface area contributed by atoms with Crippen molar-refractivity contribution in [1.82, 2.24) is 40.2 Å². The number of ketones is 1. The van der Waals surface area contributed by atoms with E-state index in [0.717, 1.165) is 70.5 Å². The molecular formula is C74H87N11O14S. The van der Waals surface area contributed by atoms with E-state index in [4.69, 9.17) is 19.6 Å². The van der Waals surface area contributed by atoms with E-state index in [9.17, 15) is 58.2 Å². The number of aliphatic carboxylic acids is 1. The van der Waals surface area contributed by atoms with Gasteiger partial charge in [-0.25, -0.2) is 19.6 Å². The average molecular weight is 1390 g/mol. The number of hydrogen-bond donors (Lipinski definition) is 6. The molecule has 25 nitrogen and oxygen atoms in total. The van der Waals surface area contributed by atoms with Gasteiger partial charge in [0.05, 0.1) is 41.1 Å². The van der Waals surface area contributed by atoms with Gasteiger partial charge in [0.15, 0.2) is 16.6 Å². The van der Waals surface area contributed by atoms with Crippen LogP contribution >= 0.6 is 11.3 Å². The van der Waals surface area contributed by atoms with E-state index in [1.807, 2.05) is 59.0 Å². The van der Waals surface area contributed by atoms with E-state index in [0.29, 0.717) is 84.2 Å². The molecule has 4 fully saturated rings. The number of Topliss-reactive ketones (excluding diaryl/α,β-unsaturated/α-hetero) is 1. The maximum atomic E-state index is 13.9. The number of amides is 7. The molecule has 4 bridgehead atoms. The average Bonchev–Trinajstić information content (AvgIpc) is 0.723. The number of likely N-dealkylation sites (N-methyl/N-ethyl adjacent to an activating group) is 1. The number of para-hydroxylation sites is 1. The van der Waals surface area contributed by atoms with Gasteiger partial charge in [-0.05, 0) is 146 Å². The number of unbranched alkanes of at least 4 members (excludes halogenated alkanes) is 2. The van der Waals surface area contributed by atoms with E-state index in [1.54, 1.807) is 63.4 Å². The fraction of sp³-hybridized carbons (Fsp3) is 0.473. The molecule has 5 heterocycles. The molecule has 5 atom stereocenters. The predicted octanol–water partition coefficient (Wildman–Crippen LogP) is 9.90. The molecule has 12 rings (SSSR count). The molecule has 6 aromatic rings. The molecule has 7 amide bonds. The highest BCUT2D eigenvalue weighted by Gasteiger charge is 2.66. The van der Waals surface area contributed by atoms with Crippen LogP contribution in [0.2, 0.25) is 0 Å². The van der Waals surface area contributed by atoms with E-state index in [2.05, 4.69) is 40.1 Å². The highest BCUT2D eigenvalue weighted by Crippen LogP contribution is 2.72. The van der Waals surface area contributed by atoms with Gasteiger partial charge in [0.1, 0.15) is 18.5 Å². The molecule has 6 N–H and O–H groups in total. The lowest BCUT2D eigenvalue weighted by Crippen LogP contribution is -2.64. The van der Waals surface area contributed by atoms with Gasteiger partial charge in [0.2, 0.25) is 17.7 Å². The number of rotatable bonds is 30. The number of imide groups is 1. The topological polar surface area (TPSA) is 331 Å². The maximum Gasteiger partial charge on any atom is 0.408 e. The van der Waals surface area contributed by atoms with Crippen LogP contribution in [0, 0.1) is 35.0 Å². The molecule has 100 heavy (non-hydrogen) atoms. The zero-order valence-electron chi connectivity index (χ0n) is 57.5. The lowest BCUT2D eigenvalue weighted by Gasteiger charge is -2.69. The number of carbonyl (C=O) groups is 10. The van der Waals surface area contributed by atoms with Crippen molar-refractivity contribution in [2.24, 2.45) is 28.1 Å². The second-order valence-electron chi connectivity index (χ2n) is 29.1. The molecule has 2 aliphatic heterocycles. The van der Waals surface area contributed by atoms with Gasteiger partial charge in [-0.1, -0.05) is 88.8 Å². The molecule has 3 aromatic carbocycles. The summed E-state index contributed by atoms with van der Waals surface area (Å²) in [4.78, 5) is 143. The van der Waals surface area contributed by atoms with Gasteiger partial charge in [-0.3, -0.25) is 53.3 Å². The van der Waals surface area contributed by atoms with E-state index in [1.165, 1.54) is 35.4 Å². The Labute approximate surface area is 583 Å². The van der Waals surface area contributed by atoms with Gasteiger partial charge >= 0.3 is 18.0 Å². The zero-order valence-corrected chi connectivity index (χ0v) is 58.3. The second kappa shape index (κ2) is 29.6. The molecule has 4 saturated carbocycles. The third-order valence-corrected chi connectivity index (χ3v) is 21.2. The molecule has 0 radical (unpaired) electrons. The van der Waals surface area contributed by atoms with Crippen LogP contribution in [0.4, 0.5) is 21.4 Å². The summed E-state index contributed by atoms with van der Waals surface area (Å²) in [5.41, 5.74) is 5.04. The summed E-state index contributed by atoms with van der Waals surface area (Å²) in [6.07, 6.45) is 10.0. The van der Waals surface area contributed by atoms with Crippen molar-refractivity contribution in [3.8, 4) is 11.1 Å². The fourth-order valence-electron chi connectivity index (χ4n) is 16.6. The Morgan fingerprint density at radius 2 is 1.51 bits per heavy atom. The van der Waals surface area contributed by atoms with E-state index in [-0.39, 0.29) is 96.4 Å². The summed E-state index contributed by atoms with van der Waals surface area (Å²) >= 11 is 1.41. The molecule has 3 aromatic heterocycles. The fourth-order valence-corrected chi connectivity index (χ4v) is 17.5. The van der Waals surface area contributed by atoms with Crippen LogP contribution in [0.3, 0.4) is 0 Å². The minimum atomic E-state index is -1.46. The third kappa shape index (κ3) is 16.4. The maximum absolute atomic E-state index is 13.9. The molecule has 4 aliphatic carbocycles. The van der Waals surface area contributed by atoms with Crippen LogP contribution in [-0.4, -0.2) is 150 Å². The molecule has 528 valence electrons. The summed E-state index contributed by atoms with van der Waals surface area (Å²) in [5.74, 6) is -5.66. The normalized spacial score (nSPS) is 21.4. The number of thiazole rings is 1. The number of benzene rings is 3. The highest BCUT2D eigenvalue weighted by atomic mass is 32.1. The number of pyridine rings is 1. The number of nitrogens with one attached hydrogen (secondary N) is 4. The predicted molar refractivity (Wildman–Crippen MR) is 373 cm³/mol. The van der Waals surface area contributed by atoms with Gasteiger partial charge < -0.3 is 45.4 Å². The van der Waals surface area contributed by atoms with Crippen LogP contribution in [0.15, 0.2) is 97.2 Å².